The van der Waals surface area contributed by atoms with E-state index in [0.717, 1.165) is 26.1 Å². The maximum Gasteiger partial charge on any atom is 0.131 e. The van der Waals surface area contributed by atoms with Crippen LogP contribution in [0.3, 0.4) is 0 Å². The molecule has 1 aliphatic rings. The van der Waals surface area contributed by atoms with Crippen LogP contribution in [-0.4, -0.2) is 49.4 Å². The first kappa shape index (κ1) is 16.2. The second-order valence-corrected chi connectivity index (χ2v) is 5.66. The molecule has 5 heteroatoms. The Morgan fingerprint density at radius 3 is 2.95 bits per heavy atom. The van der Waals surface area contributed by atoms with Gasteiger partial charge in [-0.1, -0.05) is 6.07 Å². The van der Waals surface area contributed by atoms with Gasteiger partial charge in [0.2, 0.25) is 0 Å². The van der Waals surface area contributed by atoms with E-state index in [4.69, 9.17) is 4.74 Å². The fourth-order valence-electron chi connectivity index (χ4n) is 2.90. The number of hydrogen-bond acceptors (Lipinski definition) is 4. The predicted molar refractivity (Wildman–Crippen MR) is 81.0 cm³/mol. The molecule has 1 aliphatic heterocycles. The van der Waals surface area contributed by atoms with E-state index in [0.29, 0.717) is 18.2 Å². The smallest absolute Gasteiger partial charge is 0.131 e. The number of nitrogens with zero attached hydrogens (tertiary/aromatic N) is 1. The van der Waals surface area contributed by atoms with Gasteiger partial charge in [-0.3, -0.25) is 4.90 Å². The highest BCUT2D eigenvalue weighted by molar-refractivity contribution is 5.29. The van der Waals surface area contributed by atoms with E-state index < -0.39 is 0 Å². The number of rotatable bonds is 7. The summed E-state index contributed by atoms with van der Waals surface area (Å²) < 4.78 is 19.2. The van der Waals surface area contributed by atoms with Gasteiger partial charge in [-0.2, -0.15) is 0 Å². The van der Waals surface area contributed by atoms with E-state index in [9.17, 15) is 9.50 Å². The summed E-state index contributed by atoms with van der Waals surface area (Å²) in [5, 5.41) is 12.8. The minimum Gasteiger partial charge on any atom is -0.508 e. The van der Waals surface area contributed by atoms with Crippen molar-refractivity contribution in [2.24, 2.45) is 0 Å². The number of halogens is 1. The number of nitrogens with one attached hydrogen (secondary N) is 1. The lowest BCUT2D eigenvalue weighted by Gasteiger charge is -2.31. The maximum atomic E-state index is 14.1. The quantitative estimate of drug-likeness (QED) is 0.810. The molecule has 0 aromatic heterocycles. The first-order valence-corrected chi connectivity index (χ1v) is 7.56. The third-order valence-corrected chi connectivity index (χ3v) is 4.18. The first-order chi connectivity index (χ1) is 10.1. The van der Waals surface area contributed by atoms with Crippen LogP contribution < -0.4 is 5.32 Å². The summed E-state index contributed by atoms with van der Waals surface area (Å²) in [6.07, 6.45) is 2.36. The van der Waals surface area contributed by atoms with Crippen molar-refractivity contribution in [1.82, 2.24) is 10.2 Å². The van der Waals surface area contributed by atoms with Crippen molar-refractivity contribution < 1.29 is 14.2 Å². The van der Waals surface area contributed by atoms with Gasteiger partial charge < -0.3 is 15.2 Å². The first-order valence-electron chi connectivity index (χ1n) is 7.56. The zero-order chi connectivity index (χ0) is 15.2. The van der Waals surface area contributed by atoms with Crippen LogP contribution in [0.2, 0.25) is 0 Å². The monoisotopic (exact) mass is 296 g/mol. The molecule has 1 saturated heterocycles. The van der Waals surface area contributed by atoms with Crippen molar-refractivity contribution in [3.8, 4) is 5.75 Å². The zero-order valence-electron chi connectivity index (χ0n) is 12.8. The molecule has 0 radical (unpaired) electrons. The van der Waals surface area contributed by atoms with Crippen molar-refractivity contribution in [2.45, 2.75) is 31.8 Å². The third-order valence-electron chi connectivity index (χ3n) is 4.18. The number of aromatic hydroxyl groups is 1. The molecule has 118 valence electrons. The molecule has 2 N–H and O–H groups in total. The number of methoxy groups -OCH3 is 1. The fourth-order valence-corrected chi connectivity index (χ4v) is 2.90. The minimum atomic E-state index is -0.357. The zero-order valence-corrected chi connectivity index (χ0v) is 12.8. The van der Waals surface area contributed by atoms with Crippen LogP contribution in [0.1, 0.15) is 31.4 Å². The molecule has 2 unspecified atom stereocenters. The van der Waals surface area contributed by atoms with Crippen molar-refractivity contribution >= 4 is 0 Å². The Labute approximate surface area is 125 Å². The highest BCUT2D eigenvalue weighted by Crippen LogP contribution is 2.26. The lowest BCUT2D eigenvalue weighted by atomic mass is 10.0. The Hall–Kier alpha value is -1.17. The Balaban J connectivity index is 2.09. The van der Waals surface area contributed by atoms with E-state index in [1.807, 2.05) is 6.92 Å². The van der Waals surface area contributed by atoms with Crippen molar-refractivity contribution in [3.05, 3.63) is 29.6 Å². The Morgan fingerprint density at radius 1 is 1.52 bits per heavy atom. The highest BCUT2D eigenvalue weighted by Gasteiger charge is 2.23. The third kappa shape index (κ3) is 4.40. The second kappa shape index (κ2) is 7.73. The Bertz CT molecular complexity index is 450. The number of phenols is 1. The van der Waals surface area contributed by atoms with Crippen molar-refractivity contribution in [1.29, 1.82) is 0 Å². The summed E-state index contributed by atoms with van der Waals surface area (Å²) in [4.78, 5) is 2.24. The number of ether oxygens (including phenoxy) is 1. The van der Waals surface area contributed by atoms with Crippen LogP contribution in [0, 0.1) is 5.82 Å². The lowest BCUT2D eigenvalue weighted by Crippen LogP contribution is -2.40. The van der Waals surface area contributed by atoms with Gasteiger partial charge in [0.05, 0.1) is 6.61 Å². The average molecular weight is 296 g/mol. The molecular weight excluding hydrogens is 271 g/mol. The summed E-state index contributed by atoms with van der Waals surface area (Å²) >= 11 is 0. The Morgan fingerprint density at radius 2 is 2.33 bits per heavy atom. The van der Waals surface area contributed by atoms with Crippen molar-refractivity contribution in [2.75, 3.05) is 33.4 Å². The molecule has 21 heavy (non-hydrogen) atoms. The van der Waals surface area contributed by atoms with Gasteiger partial charge in [-0.15, -0.1) is 0 Å². The topological polar surface area (TPSA) is 44.7 Å². The molecule has 2 atom stereocenters. The van der Waals surface area contributed by atoms with E-state index in [1.54, 1.807) is 13.2 Å². The summed E-state index contributed by atoms with van der Waals surface area (Å²) in [6, 6.07) is 4.79. The predicted octanol–water partition coefficient (Wildman–Crippen LogP) is 2.29. The van der Waals surface area contributed by atoms with Crippen molar-refractivity contribution in [3.63, 3.8) is 0 Å². The van der Waals surface area contributed by atoms with Gasteiger partial charge in [0.25, 0.3) is 0 Å². The largest absolute Gasteiger partial charge is 0.508 e. The summed E-state index contributed by atoms with van der Waals surface area (Å²) in [5.41, 5.74) is 0.613. The molecule has 1 fully saturated rings. The van der Waals surface area contributed by atoms with Gasteiger partial charge in [0.15, 0.2) is 0 Å². The van der Waals surface area contributed by atoms with Gasteiger partial charge in [-0.25, -0.2) is 4.39 Å². The molecule has 0 spiro atoms. The SMILES string of the molecule is COCCN(CC1CCCN1)C(C)c1ccc(O)cc1F. The number of benzene rings is 1. The van der Waals surface area contributed by atoms with Crippen LogP contribution in [0.5, 0.6) is 5.75 Å². The Kier molecular flexibility index (Phi) is 5.96. The lowest BCUT2D eigenvalue weighted by molar-refractivity contribution is 0.116. The van der Waals surface area contributed by atoms with Crippen LogP contribution in [0.25, 0.3) is 0 Å². The highest BCUT2D eigenvalue weighted by atomic mass is 19.1. The van der Waals surface area contributed by atoms with E-state index >= 15 is 0 Å². The average Bonchev–Trinajstić information content (AvgIpc) is 2.95. The van der Waals surface area contributed by atoms with E-state index in [2.05, 4.69) is 10.2 Å². The van der Waals surface area contributed by atoms with Gasteiger partial charge >= 0.3 is 0 Å². The molecule has 1 aromatic rings. The van der Waals surface area contributed by atoms with Crippen LogP contribution in [-0.2, 0) is 4.74 Å². The molecule has 1 aromatic carbocycles. The summed E-state index contributed by atoms with van der Waals surface area (Å²) in [5.74, 6) is -0.395. The summed E-state index contributed by atoms with van der Waals surface area (Å²) in [6.45, 7) is 5.32. The van der Waals surface area contributed by atoms with Crippen LogP contribution in [0.15, 0.2) is 18.2 Å². The molecule has 4 nitrogen and oxygen atoms in total. The normalized spacial score (nSPS) is 20.1. The van der Waals surface area contributed by atoms with E-state index in [1.165, 1.54) is 18.6 Å². The van der Waals surface area contributed by atoms with Gasteiger partial charge in [0, 0.05) is 43.9 Å². The molecule has 0 bridgehead atoms. The fraction of sp³-hybridized carbons (Fsp3) is 0.625. The maximum absolute atomic E-state index is 14.1. The molecule has 2 rings (SSSR count). The van der Waals surface area contributed by atoms with Gasteiger partial charge in [0.1, 0.15) is 11.6 Å². The van der Waals surface area contributed by atoms with E-state index in [-0.39, 0.29) is 17.6 Å². The summed E-state index contributed by atoms with van der Waals surface area (Å²) in [7, 11) is 1.68. The minimum absolute atomic E-state index is 0.0376. The van der Waals surface area contributed by atoms with Gasteiger partial charge in [-0.05, 0) is 32.4 Å². The standard InChI is InChI=1S/C16H25FN2O2/c1-12(15-6-5-14(20)10-16(15)17)19(8-9-21-2)11-13-4-3-7-18-13/h5-6,10,12-13,18,20H,3-4,7-9,11H2,1-2H3. The number of hydrogen-bond donors (Lipinski definition) is 2. The van der Waals surface area contributed by atoms with Crippen LogP contribution in [0.4, 0.5) is 4.39 Å². The molecule has 0 aliphatic carbocycles. The molecular formula is C16H25FN2O2. The van der Waals surface area contributed by atoms with Crippen LogP contribution >= 0.6 is 0 Å². The molecule has 0 saturated carbocycles. The molecule has 0 amide bonds. The number of phenolic OH excluding ortho intramolecular Hbond substituents is 1. The second-order valence-electron chi connectivity index (χ2n) is 5.66. The molecule has 1 heterocycles.